The van der Waals surface area contributed by atoms with Crippen molar-refractivity contribution in [2.24, 2.45) is 17.8 Å². The highest BCUT2D eigenvalue weighted by atomic mass is 35.5. The van der Waals surface area contributed by atoms with Gasteiger partial charge in [-0.15, -0.1) is 5.10 Å². The number of nitrogens with zero attached hydrogens (tertiary/aromatic N) is 4. The molecule has 1 N–H and O–H groups in total. The van der Waals surface area contributed by atoms with Crippen LogP contribution in [0.1, 0.15) is 67.4 Å². The fraction of sp³-hybridized carbons (Fsp3) is 0.514. The number of rotatable bonds is 3. The van der Waals surface area contributed by atoms with Crippen molar-refractivity contribution >= 4 is 33.2 Å². The van der Waals surface area contributed by atoms with Gasteiger partial charge in [0.15, 0.2) is 0 Å². The van der Waals surface area contributed by atoms with Crippen LogP contribution in [0.5, 0.6) is 5.75 Å². The van der Waals surface area contributed by atoms with Gasteiger partial charge >= 0.3 is 0 Å². The number of nitrogens with one attached hydrogen (secondary N) is 1. The molecule has 2 aliphatic heterocycles. The van der Waals surface area contributed by atoms with Crippen molar-refractivity contribution in [1.82, 2.24) is 19.7 Å². The SMILES string of the molecule is CO[C@@]1(Cn2ccnn2)/C=C/C[C@H](C)[C@@H](C)S(=O)(=O)NC(=O)c2ccc3c(c2)N(CCCCc2cc(Cl)ccc2CO3)C[C@@H]2CC[C@H]21. The van der Waals surface area contributed by atoms with E-state index in [1.807, 2.05) is 37.4 Å². The predicted molar refractivity (Wildman–Crippen MR) is 182 cm³/mol. The molecule has 1 saturated carbocycles. The molecule has 2 bridgehead atoms. The topological polar surface area (TPSA) is 116 Å². The lowest BCUT2D eigenvalue weighted by Gasteiger charge is -2.49. The Labute approximate surface area is 282 Å². The average Bonchev–Trinajstić information content (AvgIpc) is 3.54. The molecule has 0 radical (unpaired) electrons. The number of aromatic nitrogens is 3. The minimum absolute atomic E-state index is 0.178. The highest BCUT2D eigenvalue weighted by molar-refractivity contribution is 7.90. The summed E-state index contributed by atoms with van der Waals surface area (Å²) in [6.07, 6.45) is 12.9. The van der Waals surface area contributed by atoms with Crippen LogP contribution in [0.2, 0.25) is 5.02 Å². The number of fused-ring (bicyclic) bond motifs is 3. The number of benzene rings is 2. The van der Waals surface area contributed by atoms with E-state index in [0.29, 0.717) is 36.3 Å². The Morgan fingerprint density at radius 2 is 1.98 bits per heavy atom. The predicted octanol–water partition coefficient (Wildman–Crippen LogP) is 5.81. The number of carbonyl (C=O) groups is 1. The second-order valence-corrected chi connectivity index (χ2v) is 15.8. The average molecular weight is 682 g/mol. The van der Waals surface area contributed by atoms with Crippen LogP contribution in [0.3, 0.4) is 0 Å². The van der Waals surface area contributed by atoms with E-state index in [1.54, 1.807) is 43.1 Å². The third-order valence-corrected chi connectivity index (χ3v) is 12.6. The van der Waals surface area contributed by atoms with Crippen molar-refractivity contribution in [2.75, 3.05) is 25.1 Å². The smallest absolute Gasteiger partial charge is 0.264 e. The molecule has 0 unspecified atom stereocenters. The highest BCUT2D eigenvalue weighted by Crippen LogP contribution is 2.47. The summed E-state index contributed by atoms with van der Waals surface area (Å²) in [6, 6.07) is 11.1. The summed E-state index contributed by atoms with van der Waals surface area (Å²) in [7, 11) is -2.22. The lowest BCUT2D eigenvalue weighted by Crippen LogP contribution is -2.53. The fourth-order valence-electron chi connectivity index (χ4n) is 7.20. The lowest BCUT2D eigenvalue weighted by atomic mass is 9.64. The van der Waals surface area contributed by atoms with Crippen LogP contribution < -0.4 is 14.4 Å². The van der Waals surface area contributed by atoms with E-state index < -0.39 is 26.8 Å². The zero-order chi connectivity index (χ0) is 33.2. The first-order valence-electron chi connectivity index (χ1n) is 16.5. The number of carbonyl (C=O) groups excluding carboxylic acids is 1. The van der Waals surface area contributed by atoms with Crippen molar-refractivity contribution in [3.8, 4) is 5.75 Å². The van der Waals surface area contributed by atoms with Gasteiger partial charge in [0, 0.05) is 37.0 Å². The van der Waals surface area contributed by atoms with Crippen LogP contribution in [0, 0.1) is 17.8 Å². The van der Waals surface area contributed by atoms with Gasteiger partial charge in [-0.05, 0) is 105 Å². The number of hydrogen-bond donors (Lipinski definition) is 1. The monoisotopic (exact) mass is 681 g/mol. The summed E-state index contributed by atoms with van der Waals surface area (Å²) >= 11 is 6.36. The van der Waals surface area contributed by atoms with E-state index in [-0.39, 0.29) is 17.4 Å². The maximum atomic E-state index is 13.5. The fourth-order valence-corrected chi connectivity index (χ4v) is 8.68. The Morgan fingerprint density at radius 1 is 1.13 bits per heavy atom. The summed E-state index contributed by atoms with van der Waals surface area (Å²) in [6.45, 7) is 5.85. The van der Waals surface area contributed by atoms with Crippen molar-refractivity contribution in [3.05, 3.63) is 82.7 Å². The number of methoxy groups -OCH3 is 1. The van der Waals surface area contributed by atoms with Gasteiger partial charge in [-0.2, -0.15) is 0 Å². The summed E-state index contributed by atoms with van der Waals surface area (Å²) < 4.78 is 43.9. The van der Waals surface area contributed by atoms with E-state index in [0.717, 1.165) is 56.4 Å². The minimum atomic E-state index is -3.96. The zero-order valence-corrected chi connectivity index (χ0v) is 28.8. The minimum Gasteiger partial charge on any atom is -0.487 e. The van der Waals surface area contributed by atoms with Crippen LogP contribution in [0.15, 0.2) is 60.9 Å². The number of aryl methyl sites for hydroxylation is 1. The van der Waals surface area contributed by atoms with Crippen LogP contribution in [0.25, 0.3) is 0 Å². The molecule has 5 atom stereocenters. The molecule has 252 valence electrons. The molecule has 47 heavy (non-hydrogen) atoms. The van der Waals surface area contributed by atoms with Gasteiger partial charge in [0.25, 0.3) is 5.91 Å². The first kappa shape index (κ1) is 33.5. The Kier molecular flexibility index (Phi) is 9.96. The molecular weight excluding hydrogens is 638 g/mol. The number of anilines is 1. The van der Waals surface area contributed by atoms with Crippen molar-refractivity contribution < 1.29 is 22.7 Å². The summed E-state index contributed by atoms with van der Waals surface area (Å²) in [4.78, 5) is 15.8. The molecule has 0 saturated heterocycles. The van der Waals surface area contributed by atoms with Gasteiger partial charge in [0.05, 0.1) is 23.7 Å². The molecule has 3 aromatic rings. The van der Waals surface area contributed by atoms with Crippen LogP contribution in [0.4, 0.5) is 5.69 Å². The molecule has 2 aromatic carbocycles. The maximum Gasteiger partial charge on any atom is 0.264 e. The van der Waals surface area contributed by atoms with Gasteiger partial charge < -0.3 is 14.4 Å². The number of ether oxygens (including phenoxy) is 2. The van der Waals surface area contributed by atoms with E-state index >= 15 is 0 Å². The van der Waals surface area contributed by atoms with Gasteiger partial charge in [-0.3, -0.25) is 4.79 Å². The first-order valence-corrected chi connectivity index (χ1v) is 18.4. The number of halogens is 1. The van der Waals surface area contributed by atoms with Crippen molar-refractivity contribution in [1.29, 1.82) is 0 Å². The first-order chi connectivity index (χ1) is 22.6. The van der Waals surface area contributed by atoms with Gasteiger partial charge in [0.2, 0.25) is 10.0 Å². The Hall–Kier alpha value is -3.41. The van der Waals surface area contributed by atoms with Crippen molar-refractivity contribution in [2.45, 2.75) is 76.4 Å². The Morgan fingerprint density at radius 3 is 2.72 bits per heavy atom. The molecule has 3 heterocycles. The molecule has 10 nitrogen and oxygen atoms in total. The second kappa shape index (κ2) is 14.0. The molecule has 1 aromatic heterocycles. The normalized spacial score (nSPS) is 28.8. The van der Waals surface area contributed by atoms with Crippen LogP contribution >= 0.6 is 11.6 Å². The highest BCUT2D eigenvalue weighted by Gasteiger charge is 2.48. The lowest BCUT2D eigenvalue weighted by molar-refractivity contribution is -0.0868. The molecule has 0 spiro atoms. The molecule has 1 amide bonds. The molecule has 12 heteroatoms. The van der Waals surface area contributed by atoms with Gasteiger partial charge in [0.1, 0.15) is 18.0 Å². The quantitative estimate of drug-likeness (QED) is 0.345. The number of sulfonamides is 1. The van der Waals surface area contributed by atoms with E-state index in [4.69, 9.17) is 21.1 Å². The third-order valence-electron chi connectivity index (χ3n) is 10.4. The van der Waals surface area contributed by atoms with Gasteiger partial charge in [-0.1, -0.05) is 42.0 Å². The molecule has 1 fully saturated rings. The number of hydrogen-bond acceptors (Lipinski definition) is 8. The third kappa shape index (κ3) is 7.22. The molecular formula is C35H44ClN5O5S. The largest absolute Gasteiger partial charge is 0.487 e. The second-order valence-electron chi connectivity index (χ2n) is 13.3. The Balaban J connectivity index is 1.42. The summed E-state index contributed by atoms with van der Waals surface area (Å²) in [5, 5.41) is 8.19. The number of allylic oxidation sites excluding steroid dienone is 1. The maximum absolute atomic E-state index is 13.5. The molecule has 3 aliphatic rings. The standard InChI is InChI=1S/C35H44ClN5O5S/c1-24-7-6-15-35(45-3,23-41-18-16-37-39-41)31-13-10-28(31)21-40-17-5-4-8-26-19-30(36)12-9-29(26)22-46-33-14-11-27(20-32(33)40)34(42)38-47(43,44)25(24)2/h6,9,11-12,14-16,18-20,24-25,28,31H,4-5,7-8,10,13,17,21-23H2,1-3H3,(H,38,42)/b15-6+/t24-,25+,28-,31+,35+/m0/s1. The summed E-state index contributed by atoms with van der Waals surface area (Å²) in [5.74, 6) is 0.219. The Bertz CT molecular complexity index is 1710. The number of amides is 1. The van der Waals surface area contributed by atoms with Crippen LogP contribution in [-0.4, -0.2) is 60.4 Å². The van der Waals surface area contributed by atoms with E-state index in [1.165, 1.54) is 5.56 Å². The molecule has 6 rings (SSSR count). The van der Waals surface area contributed by atoms with Gasteiger partial charge in [-0.25, -0.2) is 17.8 Å². The zero-order valence-electron chi connectivity index (χ0n) is 27.3. The van der Waals surface area contributed by atoms with Crippen LogP contribution in [-0.2, 0) is 34.3 Å². The molecule has 1 aliphatic carbocycles. The van der Waals surface area contributed by atoms with E-state index in [9.17, 15) is 13.2 Å². The summed E-state index contributed by atoms with van der Waals surface area (Å²) in [5.41, 5.74) is 2.63. The van der Waals surface area contributed by atoms with E-state index in [2.05, 4.69) is 26.0 Å². The van der Waals surface area contributed by atoms with Crippen molar-refractivity contribution in [3.63, 3.8) is 0 Å².